The van der Waals surface area contributed by atoms with Crippen LogP contribution in [0.2, 0.25) is 0 Å². The Bertz CT molecular complexity index is 87.1. The van der Waals surface area contributed by atoms with E-state index in [9.17, 15) is 0 Å². The summed E-state index contributed by atoms with van der Waals surface area (Å²) >= 11 is 0. The van der Waals surface area contributed by atoms with E-state index >= 15 is 0 Å². The summed E-state index contributed by atoms with van der Waals surface area (Å²) < 4.78 is 0. The molecule has 0 saturated carbocycles. The Labute approximate surface area is 56.1 Å². The second-order valence-electron chi connectivity index (χ2n) is 1.98. The molecule has 3 nitrogen and oxygen atoms in total. The lowest BCUT2D eigenvalue weighted by molar-refractivity contribution is 0.147. The summed E-state index contributed by atoms with van der Waals surface area (Å²) in [6.45, 7) is 5.29. The zero-order chi connectivity index (χ0) is 7.11. The van der Waals surface area contributed by atoms with Gasteiger partial charge in [0.25, 0.3) is 0 Å². The Morgan fingerprint density at radius 1 is 1.56 bits per heavy atom. The molecule has 0 atom stereocenters. The molecule has 0 aromatic carbocycles. The van der Waals surface area contributed by atoms with Crippen molar-refractivity contribution >= 4 is 5.71 Å². The Morgan fingerprint density at radius 3 is 2.67 bits per heavy atom. The van der Waals surface area contributed by atoms with Crippen molar-refractivity contribution in [2.45, 2.75) is 13.8 Å². The normalized spacial score (nSPS) is 8.78. The molecular weight excluding hydrogens is 116 g/mol. The van der Waals surface area contributed by atoms with Gasteiger partial charge in [0.1, 0.15) is 6.61 Å². The van der Waals surface area contributed by atoms with Gasteiger partial charge < -0.3 is 10.2 Å². The molecule has 0 aromatic heterocycles. The van der Waals surface area contributed by atoms with Gasteiger partial charge >= 0.3 is 0 Å². The van der Waals surface area contributed by atoms with Gasteiger partial charge in [0, 0.05) is 6.54 Å². The van der Waals surface area contributed by atoms with Gasteiger partial charge in [-0.15, -0.1) is 0 Å². The lowest BCUT2D eigenvalue weighted by Gasteiger charge is -1.96. The molecule has 0 radical (unpaired) electrons. The van der Waals surface area contributed by atoms with Crippen LogP contribution in [0, 0.1) is 0 Å². The molecule has 0 aromatic rings. The molecule has 0 bridgehead atoms. The van der Waals surface area contributed by atoms with Crippen molar-refractivity contribution in [3.05, 3.63) is 0 Å². The van der Waals surface area contributed by atoms with Crippen LogP contribution < -0.4 is 5.32 Å². The van der Waals surface area contributed by atoms with Crippen LogP contribution in [0.5, 0.6) is 0 Å². The molecule has 54 valence electrons. The minimum atomic E-state index is 0.641. The molecular formula is C6H14N2O. The van der Waals surface area contributed by atoms with Crippen molar-refractivity contribution in [3.8, 4) is 0 Å². The van der Waals surface area contributed by atoms with E-state index in [-0.39, 0.29) is 0 Å². The number of hydrogen-bond donors (Lipinski definition) is 1. The standard InChI is InChI=1S/C6H14N2O/c1-6(2)8-9-5-4-7-3/h7H,4-5H2,1-3H3. The van der Waals surface area contributed by atoms with E-state index < -0.39 is 0 Å². The molecule has 3 heteroatoms. The maximum Gasteiger partial charge on any atom is 0.129 e. The number of nitrogens with one attached hydrogen (secondary N) is 1. The molecule has 0 saturated heterocycles. The first-order valence-electron chi connectivity index (χ1n) is 3.05. The van der Waals surface area contributed by atoms with Gasteiger partial charge in [-0.3, -0.25) is 0 Å². The average Bonchev–Trinajstić information content (AvgIpc) is 1.80. The fraction of sp³-hybridized carbons (Fsp3) is 0.833. The fourth-order valence-corrected chi connectivity index (χ4v) is 0.322. The van der Waals surface area contributed by atoms with Crippen LogP contribution >= 0.6 is 0 Å². The van der Waals surface area contributed by atoms with Crippen molar-refractivity contribution in [2.24, 2.45) is 5.16 Å². The maximum atomic E-state index is 4.86. The van der Waals surface area contributed by atoms with Gasteiger partial charge in [-0.05, 0) is 20.9 Å². The monoisotopic (exact) mass is 130 g/mol. The number of hydrogen-bond acceptors (Lipinski definition) is 3. The third kappa shape index (κ3) is 7.43. The summed E-state index contributed by atoms with van der Waals surface area (Å²) in [6, 6.07) is 0. The van der Waals surface area contributed by atoms with E-state index in [1.807, 2.05) is 20.9 Å². The topological polar surface area (TPSA) is 33.6 Å². The second-order valence-corrected chi connectivity index (χ2v) is 1.98. The van der Waals surface area contributed by atoms with Crippen molar-refractivity contribution in [2.75, 3.05) is 20.2 Å². The SMILES string of the molecule is CNCCON=C(C)C. The molecule has 0 unspecified atom stereocenters. The third-order valence-electron chi connectivity index (χ3n) is 0.690. The molecule has 0 aliphatic carbocycles. The van der Waals surface area contributed by atoms with Gasteiger partial charge in [-0.25, -0.2) is 0 Å². The highest BCUT2D eigenvalue weighted by molar-refractivity contribution is 5.78. The molecule has 0 spiro atoms. The summed E-state index contributed by atoms with van der Waals surface area (Å²) in [5.41, 5.74) is 0.950. The molecule has 0 fully saturated rings. The van der Waals surface area contributed by atoms with Crippen LogP contribution in [-0.2, 0) is 4.84 Å². The Morgan fingerprint density at radius 2 is 2.22 bits per heavy atom. The molecule has 1 N–H and O–H groups in total. The molecule has 0 rings (SSSR count). The van der Waals surface area contributed by atoms with Crippen LogP contribution in [0.4, 0.5) is 0 Å². The number of oxime groups is 1. The van der Waals surface area contributed by atoms with E-state index in [0.29, 0.717) is 6.61 Å². The quantitative estimate of drug-likeness (QED) is 0.344. The van der Waals surface area contributed by atoms with Crippen molar-refractivity contribution in [1.82, 2.24) is 5.32 Å². The van der Waals surface area contributed by atoms with Crippen LogP contribution in [0.1, 0.15) is 13.8 Å². The largest absolute Gasteiger partial charge is 0.395 e. The van der Waals surface area contributed by atoms with Gasteiger partial charge in [0.15, 0.2) is 0 Å². The van der Waals surface area contributed by atoms with E-state index in [2.05, 4.69) is 10.5 Å². The minimum absolute atomic E-state index is 0.641. The lowest BCUT2D eigenvalue weighted by Crippen LogP contribution is -2.12. The third-order valence-corrected chi connectivity index (χ3v) is 0.690. The highest BCUT2D eigenvalue weighted by Crippen LogP contribution is 1.77. The first-order chi connectivity index (χ1) is 4.27. The van der Waals surface area contributed by atoms with Crippen LogP contribution in [0.25, 0.3) is 0 Å². The smallest absolute Gasteiger partial charge is 0.129 e. The molecule has 9 heavy (non-hydrogen) atoms. The van der Waals surface area contributed by atoms with E-state index in [1.165, 1.54) is 0 Å². The zero-order valence-corrected chi connectivity index (χ0v) is 6.27. The molecule has 0 amide bonds. The highest BCUT2D eigenvalue weighted by Gasteiger charge is 1.80. The summed E-state index contributed by atoms with van der Waals surface area (Å²) in [5, 5.41) is 6.69. The summed E-state index contributed by atoms with van der Waals surface area (Å²) in [7, 11) is 1.88. The molecule has 0 aliphatic rings. The second kappa shape index (κ2) is 5.56. The van der Waals surface area contributed by atoms with Gasteiger partial charge in [0.05, 0.1) is 5.71 Å². The predicted molar refractivity (Wildman–Crippen MR) is 38.7 cm³/mol. The predicted octanol–water partition coefficient (Wildman–Crippen LogP) is 0.618. The van der Waals surface area contributed by atoms with Crippen LogP contribution in [-0.4, -0.2) is 25.9 Å². The average molecular weight is 130 g/mol. The maximum absolute atomic E-state index is 4.86. The summed E-state index contributed by atoms with van der Waals surface area (Å²) in [5.74, 6) is 0. The van der Waals surface area contributed by atoms with Gasteiger partial charge in [-0.1, -0.05) is 5.16 Å². The highest BCUT2D eigenvalue weighted by atomic mass is 16.6. The number of likely N-dealkylation sites (N-methyl/N-ethyl adjacent to an activating group) is 1. The minimum Gasteiger partial charge on any atom is -0.395 e. The lowest BCUT2D eigenvalue weighted by atomic mass is 10.5. The summed E-state index contributed by atoms with van der Waals surface area (Å²) in [4.78, 5) is 4.86. The van der Waals surface area contributed by atoms with E-state index in [0.717, 1.165) is 12.3 Å². The Balaban J connectivity index is 3.00. The molecule has 0 aliphatic heterocycles. The molecule has 0 heterocycles. The van der Waals surface area contributed by atoms with Crippen LogP contribution in [0.3, 0.4) is 0 Å². The van der Waals surface area contributed by atoms with Gasteiger partial charge in [0.2, 0.25) is 0 Å². The van der Waals surface area contributed by atoms with Crippen molar-refractivity contribution < 1.29 is 4.84 Å². The fourth-order valence-electron chi connectivity index (χ4n) is 0.322. The Kier molecular flexibility index (Phi) is 5.21. The Hall–Kier alpha value is -0.570. The first-order valence-corrected chi connectivity index (χ1v) is 3.05. The van der Waals surface area contributed by atoms with Crippen molar-refractivity contribution in [1.29, 1.82) is 0 Å². The first kappa shape index (κ1) is 8.43. The van der Waals surface area contributed by atoms with Gasteiger partial charge in [-0.2, -0.15) is 0 Å². The summed E-state index contributed by atoms with van der Waals surface area (Å²) in [6.07, 6.45) is 0. The van der Waals surface area contributed by atoms with E-state index in [4.69, 9.17) is 4.84 Å². The number of rotatable bonds is 4. The van der Waals surface area contributed by atoms with Crippen LogP contribution in [0.15, 0.2) is 5.16 Å². The number of nitrogens with zero attached hydrogens (tertiary/aromatic N) is 1. The van der Waals surface area contributed by atoms with E-state index in [1.54, 1.807) is 0 Å². The zero-order valence-electron chi connectivity index (χ0n) is 6.27. The van der Waals surface area contributed by atoms with Crippen molar-refractivity contribution in [3.63, 3.8) is 0 Å².